The number of benzene rings is 2. The third kappa shape index (κ3) is 4.88. The second-order valence-corrected chi connectivity index (χ2v) is 8.38. The number of dihydropyridines is 1. The normalized spacial score (nSPS) is 16.3. The maximum Gasteiger partial charge on any atom is 0.232 e. The molecule has 1 unspecified atom stereocenters. The van der Waals surface area contributed by atoms with Crippen LogP contribution >= 0.6 is 0 Å². The molecule has 2 aromatic rings. The van der Waals surface area contributed by atoms with E-state index in [4.69, 9.17) is 4.74 Å². The van der Waals surface area contributed by atoms with Crippen LogP contribution in [0, 0.1) is 11.6 Å². The minimum absolute atomic E-state index is 0.0678. The summed E-state index contributed by atoms with van der Waals surface area (Å²) in [5.74, 6) is -2.66. The van der Waals surface area contributed by atoms with Crippen LogP contribution in [0.2, 0.25) is 0 Å². The van der Waals surface area contributed by atoms with Crippen molar-refractivity contribution in [2.24, 2.45) is 4.99 Å². The lowest BCUT2D eigenvalue weighted by molar-refractivity contribution is -0.115. The highest BCUT2D eigenvalue weighted by Crippen LogP contribution is 2.35. The SMILES string of the molecule is CCS(=O)(=O)Nc1ccc(Oc2ccc(F)cc2F)cc1C1N=CC(CF)=CC1=O. The monoisotopic (exact) mass is 438 g/mol. The van der Waals surface area contributed by atoms with Crippen molar-refractivity contribution < 1.29 is 31.1 Å². The quantitative estimate of drug-likeness (QED) is 0.705. The van der Waals surface area contributed by atoms with Crippen molar-refractivity contribution >= 4 is 27.7 Å². The maximum atomic E-state index is 13.9. The van der Waals surface area contributed by atoms with Gasteiger partial charge in [-0.05, 0) is 43.3 Å². The summed E-state index contributed by atoms with van der Waals surface area (Å²) in [5, 5.41) is 0. The van der Waals surface area contributed by atoms with Crippen molar-refractivity contribution in [3.05, 3.63) is 65.2 Å². The second kappa shape index (κ2) is 8.70. The van der Waals surface area contributed by atoms with Gasteiger partial charge in [-0.1, -0.05) is 0 Å². The first kappa shape index (κ1) is 21.6. The van der Waals surface area contributed by atoms with Gasteiger partial charge in [-0.2, -0.15) is 0 Å². The number of hydrogen-bond donors (Lipinski definition) is 1. The van der Waals surface area contributed by atoms with E-state index in [-0.39, 0.29) is 34.1 Å². The molecule has 0 aliphatic carbocycles. The van der Waals surface area contributed by atoms with Crippen LogP contribution in [-0.4, -0.2) is 32.8 Å². The lowest BCUT2D eigenvalue weighted by atomic mass is 9.97. The second-order valence-electron chi connectivity index (χ2n) is 6.37. The Balaban J connectivity index is 2.02. The molecule has 6 nitrogen and oxygen atoms in total. The van der Waals surface area contributed by atoms with Gasteiger partial charge in [0.2, 0.25) is 10.0 Å². The number of carbonyl (C=O) groups excluding carboxylic acids is 1. The summed E-state index contributed by atoms with van der Waals surface area (Å²) < 4.78 is 71.7. The van der Waals surface area contributed by atoms with Gasteiger partial charge < -0.3 is 4.74 Å². The number of halogens is 3. The van der Waals surface area contributed by atoms with E-state index >= 15 is 0 Å². The average Bonchev–Trinajstić information content (AvgIpc) is 2.71. The van der Waals surface area contributed by atoms with E-state index in [0.717, 1.165) is 18.2 Å². The zero-order valence-electron chi connectivity index (χ0n) is 15.7. The van der Waals surface area contributed by atoms with Crippen molar-refractivity contribution in [2.75, 3.05) is 17.1 Å². The summed E-state index contributed by atoms with van der Waals surface area (Å²) in [5.41, 5.74) is 0.312. The summed E-state index contributed by atoms with van der Waals surface area (Å²) in [6.45, 7) is 0.571. The minimum Gasteiger partial charge on any atom is -0.454 e. The molecule has 10 heteroatoms. The summed E-state index contributed by atoms with van der Waals surface area (Å²) in [4.78, 5) is 16.5. The molecule has 0 fully saturated rings. The van der Waals surface area contributed by atoms with Crippen LogP contribution in [0.3, 0.4) is 0 Å². The summed E-state index contributed by atoms with van der Waals surface area (Å²) in [6, 6.07) is 5.65. The van der Waals surface area contributed by atoms with Gasteiger partial charge in [0.1, 0.15) is 24.3 Å². The number of anilines is 1. The molecule has 30 heavy (non-hydrogen) atoms. The number of sulfonamides is 1. The number of aliphatic imine (C=N–C) groups is 1. The van der Waals surface area contributed by atoms with Gasteiger partial charge in [0.05, 0.1) is 11.4 Å². The number of nitrogens with one attached hydrogen (secondary N) is 1. The van der Waals surface area contributed by atoms with E-state index in [1.165, 1.54) is 31.3 Å². The van der Waals surface area contributed by atoms with Gasteiger partial charge in [-0.3, -0.25) is 14.5 Å². The Hall–Kier alpha value is -3.14. The molecular formula is C20H17F3N2O4S. The Morgan fingerprint density at radius 2 is 1.93 bits per heavy atom. The number of allylic oxidation sites excluding steroid dienone is 1. The number of hydrogen-bond acceptors (Lipinski definition) is 5. The molecule has 2 aromatic carbocycles. The zero-order valence-corrected chi connectivity index (χ0v) is 16.5. The van der Waals surface area contributed by atoms with Crippen LogP contribution < -0.4 is 9.46 Å². The highest BCUT2D eigenvalue weighted by Gasteiger charge is 2.26. The van der Waals surface area contributed by atoms with Crippen molar-refractivity contribution in [1.82, 2.24) is 0 Å². The number of ketones is 1. The molecule has 0 saturated heterocycles. The molecule has 0 radical (unpaired) electrons. The highest BCUT2D eigenvalue weighted by atomic mass is 32.2. The van der Waals surface area contributed by atoms with E-state index in [1.54, 1.807) is 0 Å². The molecule has 0 saturated carbocycles. The maximum absolute atomic E-state index is 13.9. The molecule has 1 N–H and O–H groups in total. The first-order valence-electron chi connectivity index (χ1n) is 8.83. The molecule has 0 bridgehead atoms. The van der Waals surface area contributed by atoms with E-state index in [0.29, 0.717) is 6.07 Å². The van der Waals surface area contributed by atoms with Crippen molar-refractivity contribution in [3.8, 4) is 11.5 Å². The first-order valence-corrected chi connectivity index (χ1v) is 10.5. The van der Waals surface area contributed by atoms with E-state index in [1.807, 2.05) is 0 Å². The van der Waals surface area contributed by atoms with Gasteiger partial charge in [0, 0.05) is 23.4 Å². The third-order valence-corrected chi connectivity index (χ3v) is 5.52. The smallest absolute Gasteiger partial charge is 0.232 e. The number of alkyl halides is 1. The molecule has 158 valence electrons. The molecule has 1 aliphatic rings. The number of carbonyl (C=O) groups is 1. The Morgan fingerprint density at radius 1 is 1.17 bits per heavy atom. The highest BCUT2D eigenvalue weighted by molar-refractivity contribution is 7.92. The predicted octanol–water partition coefficient (Wildman–Crippen LogP) is 4.11. The Morgan fingerprint density at radius 3 is 2.57 bits per heavy atom. The fourth-order valence-electron chi connectivity index (χ4n) is 2.70. The van der Waals surface area contributed by atoms with Gasteiger partial charge in [-0.15, -0.1) is 0 Å². The molecule has 1 atom stereocenters. The molecule has 1 heterocycles. The predicted molar refractivity (Wildman–Crippen MR) is 106 cm³/mol. The van der Waals surface area contributed by atoms with Crippen molar-refractivity contribution in [1.29, 1.82) is 0 Å². The van der Waals surface area contributed by atoms with Crippen molar-refractivity contribution in [2.45, 2.75) is 13.0 Å². The Labute approximate surface area is 171 Å². The standard InChI is InChI=1S/C20H17F3N2O4S/c1-2-30(27,28)25-17-5-4-14(29-19-6-3-13(22)8-16(19)23)9-15(17)20-18(26)7-12(10-21)11-24-20/h3-9,11,20,25H,2,10H2,1H3. The molecule has 0 aromatic heterocycles. The minimum atomic E-state index is -3.68. The number of ether oxygens (including phenoxy) is 1. The lowest BCUT2D eigenvalue weighted by Gasteiger charge is -2.19. The van der Waals surface area contributed by atoms with E-state index in [2.05, 4.69) is 9.71 Å². The lowest BCUT2D eigenvalue weighted by Crippen LogP contribution is -2.19. The summed E-state index contributed by atoms with van der Waals surface area (Å²) >= 11 is 0. The fourth-order valence-corrected chi connectivity index (χ4v) is 3.36. The molecular weight excluding hydrogens is 421 g/mol. The molecule has 3 rings (SSSR count). The van der Waals surface area contributed by atoms with Gasteiger partial charge in [-0.25, -0.2) is 21.6 Å². The van der Waals surface area contributed by atoms with Gasteiger partial charge in [0.25, 0.3) is 0 Å². The van der Waals surface area contributed by atoms with Crippen LogP contribution in [-0.2, 0) is 14.8 Å². The molecule has 0 amide bonds. The molecule has 0 spiro atoms. The van der Waals surface area contributed by atoms with Gasteiger partial charge >= 0.3 is 0 Å². The first-order chi connectivity index (χ1) is 14.2. The summed E-state index contributed by atoms with van der Waals surface area (Å²) in [6.07, 6.45) is 2.28. The van der Waals surface area contributed by atoms with E-state index in [9.17, 15) is 26.4 Å². The largest absolute Gasteiger partial charge is 0.454 e. The summed E-state index contributed by atoms with van der Waals surface area (Å²) in [7, 11) is -3.68. The Bertz CT molecular complexity index is 1150. The van der Waals surface area contributed by atoms with Crippen LogP contribution in [0.5, 0.6) is 11.5 Å². The fraction of sp³-hybridized carbons (Fsp3) is 0.200. The van der Waals surface area contributed by atoms with Crippen molar-refractivity contribution in [3.63, 3.8) is 0 Å². The Kier molecular flexibility index (Phi) is 6.25. The zero-order chi connectivity index (χ0) is 21.9. The van der Waals surface area contributed by atoms with E-state index < -0.39 is 40.2 Å². The molecule has 1 aliphatic heterocycles. The number of nitrogens with zero attached hydrogens (tertiary/aromatic N) is 1. The van der Waals surface area contributed by atoms with Crippen LogP contribution in [0.4, 0.5) is 18.9 Å². The average molecular weight is 438 g/mol. The number of rotatable bonds is 7. The van der Waals surface area contributed by atoms with Crippen LogP contribution in [0.25, 0.3) is 0 Å². The van der Waals surface area contributed by atoms with Gasteiger partial charge in [0.15, 0.2) is 17.3 Å². The van der Waals surface area contributed by atoms with Crippen LogP contribution in [0.1, 0.15) is 18.5 Å². The third-order valence-electron chi connectivity index (χ3n) is 4.23. The van der Waals surface area contributed by atoms with Crippen LogP contribution in [0.15, 0.2) is 53.0 Å². The topological polar surface area (TPSA) is 84.8 Å².